The first-order valence-electron chi connectivity index (χ1n) is 3.86. The van der Waals surface area contributed by atoms with Crippen LogP contribution in [0, 0.1) is 0 Å². The molecule has 0 bridgehead atoms. The van der Waals surface area contributed by atoms with Crippen LogP contribution in [0.5, 0.6) is 0 Å². The van der Waals surface area contributed by atoms with Gasteiger partial charge in [-0.3, -0.25) is 0 Å². The molecule has 1 rings (SSSR count). The van der Waals surface area contributed by atoms with Crippen LogP contribution in [0.15, 0.2) is 35.8 Å². The van der Waals surface area contributed by atoms with Crippen LogP contribution >= 0.6 is 0 Å². The minimum absolute atomic E-state index is 0.969. The van der Waals surface area contributed by atoms with Crippen molar-refractivity contribution in [3.8, 4) is 0 Å². The normalized spacial score (nSPS) is 17.9. The number of rotatable bonds is 2. The van der Waals surface area contributed by atoms with Gasteiger partial charge in [0.15, 0.2) is 0 Å². The Labute approximate surface area is 67.5 Å². The van der Waals surface area contributed by atoms with Crippen molar-refractivity contribution in [1.82, 2.24) is 5.32 Å². The van der Waals surface area contributed by atoms with E-state index in [2.05, 4.69) is 5.32 Å². The van der Waals surface area contributed by atoms with Crippen LogP contribution in [0.3, 0.4) is 0 Å². The molecule has 0 aromatic carbocycles. The SMILES string of the molecule is C/C=C\NC1=CC=C(N)CC1. The number of allylic oxidation sites excluding steroid dienone is 5. The van der Waals surface area contributed by atoms with E-state index in [9.17, 15) is 0 Å². The molecule has 0 heterocycles. The predicted octanol–water partition coefficient (Wildman–Crippen LogP) is 1.63. The van der Waals surface area contributed by atoms with Gasteiger partial charge in [-0.2, -0.15) is 0 Å². The molecule has 0 fully saturated rings. The topological polar surface area (TPSA) is 38.0 Å². The molecule has 1 aliphatic rings. The van der Waals surface area contributed by atoms with Gasteiger partial charge in [0.1, 0.15) is 0 Å². The molecule has 2 heteroatoms. The first kappa shape index (κ1) is 7.92. The molecule has 3 N–H and O–H groups in total. The third-order valence-corrected chi connectivity index (χ3v) is 1.62. The van der Waals surface area contributed by atoms with E-state index in [0.717, 1.165) is 18.5 Å². The van der Waals surface area contributed by atoms with Crippen molar-refractivity contribution < 1.29 is 0 Å². The second-order valence-corrected chi connectivity index (χ2v) is 2.58. The maximum Gasteiger partial charge on any atom is 0.0151 e. The average Bonchev–Trinajstić information content (AvgIpc) is 2.04. The van der Waals surface area contributed by atoms with E-state index in [-0.39, 0.29) is 0 Å². The Balaban J connectivity index is 2.47. The Morgan fingerprint density at radius 1 is 1.45 bits per heavy atom. The molecule has 2 nitrogen and oxygen atoms in total. The smallest absolute Gasteiger partial charge is 0.0151 e. The first-order chi connectivity index (χ1) is 5.33. The van der Waals surface area contributed by atoms with Crippen molar-refractivity contribution in [2.45, 2.75) is 19.8 Å². The lowest BCUT2D eigenvalue weighted by Gasteiger charge is -2.10. The van der Waals surface area contributed by atoms with Gasteiger partial charge in [0.05, 0.1) is 0 Å². The number of nitrogens with two attached hydrogens (primary N) is 1. The van der Waals surface area contributed by atoms with Gasteiger partial charge in [-0.05, 0) is 38.1 Å². The monoisotopic (exact) mass is 150 g/mol. The summed E-state index contributed by atoms with van der Waals surface area (Å²) >= 11 is 0. The summed E-state index contributed by atoms with van der Waals surface area (Å²) < 4.78 is 0. The fraction of sp³-hybridized carbons (Fsp3) is 0.333. The number of nitrogens with one attached hydrogen (secondary N) is 1. The van der Waals surface area contributed by atoms with Crippen molar-refractivity contribution in [1.29, 1.82) is 0 Å². The van der Waals surface area contributed by atoms with Crippen LogP contribution in [0.2, 0.25) is 0 Å². The second-order valence-electron chi connectivity index (χ2n) is 2.58. The fourth-order valence-electron chi connectivity index (χ4n) is 0.964. The zero-order valence-corrected chi connectivity index (χ0v) is 6.80. The lowest BCUT2D eigenvalue weighted by atomic mass is 10.1. The number of hydrogen-bond donors (Lipinski definition) is 2. The highest BCUT2D eigenvalue weighted by Crippen LogP contribution is 2.11. The summed E-state index contributed by atoms with van der Waals surface area (Å²) in [6, 6.07) is 0. The molecule has 0 radical (unpaired) electrons. The van der Waals surface area contributed by atoms with Gasteiger partial charge < -0.3 is 11.1 Å². The summed E-state index contributed by atoms with van der Waals surface area (Å²) in [4.78, 5) is 0. The lowest BCUT2D eigenvalue weighted by Crippen LogP contribution is -2.10. The summed E-state index contributed by atoms with van der Waals surface area (Å²) in [7, 11) is 0. The van der Waals surface area contributed by atoms with Crippen LogP contribution in [0.4, 0.5) is 0 Å². The zero-order chi connectivity index (χ0) is 8.10. The van der Waals surface area contributed by atoms with Crippen LogP contribution in [-0.4, -0.2) is 0 Å². The molecule has 60 valence electrons. The van der Waals surface area contributed by atoms with Gasteiger partial charge >= 0.3 is 0 Å². The van der Waals surface area contributed by atoms with E-state index in [0.29, 0.717) is 0 Å². The van der Waals surface area contributed by atoms with E-state index < -0.39 is 0 Å². The van der Waals surface area contributed by atoms with Crippen LogP contribution in [-0.2, 0) is 0 Å². The van der Waals surface area contributed by atoms with Crippen LogP contribution in [0.1, 0.15) is 19.8 Å². The Hall–Kier alpha value is -1.18. The number of hydrogen-bond acceptors (Lipinski definition) is 2. The van der Waals surface area contributed by atoms with Gasteiger partial charge in [0.25, 0.3) is 0 Å². The summed E-state index contributed by atoms with van der Waals surface area (Å²) in [5, 5.41) is 3.17. The third kappa shape index (κ3) is 2.50. The third-order valence-electron chi connectivity index (χ3n) is 1.62. The first-order valence-corrected chi connectivity index (χ1v) is 3.86. The Bertz CT molecular complexity index is 212. The maximum atomic E-state index is 5.60. The van der Waals surface area contributed by atoms with Gasteiger partial charge in [0, 0.05) is 11.4 Å². The molecule has 0 atom stereocenters. The van der Waals surface area contributed by atoms with E-state index in [1.54, 1.807) is 0 Å². The molecule has 0 aromatic heterocycles. The maximum absolute atomic E-state index is 5.60. The van der Waals surface area contributed by atoms with Crippen LogP contribution in [0.25, 0.3) is 0 Å². The largest absolute Gasteiger partial charge is 0.402 e. The molecule has 0 saturated carbocycles. The summed E-state index contributed by atoms with van der Waals surface area (Å²) in [5.74, 6) is 0. The van der Waals surface area contributed by atoms with Gasteiger partial charge in [-0.25, -0.2) is 0 Å². The molecule has 11 heavy (non-hydrogen) atoms. The molecule has 1 aliphatic carbocycles. The zero-order valence-electron chi connectivity index (χ0n) is 6.80. The minimum atomic E-state index is 0.969. The Morgan fingerprint density at radius 2 is 2.27 bits per heavy atom. The summed E-state index contributed by atoms with van der Waals surface area (Å²) in [6.07, 6.45) is 9.88. The fourth-order valence-corrected chi connectivity index (χ4v) is 0.964. The Kier molecular flexibility index (Phi) is 2.78. The highest BCUT2D eigenvalue weighted by Gasteiger charge is 2.00. The molecular formula is C9H14N2. The van der Waals surface area contributed by atoms with Crippen molar-refractivity contribution >= 4 is 0 Å². The van der Waals surface area contributed by atoms with E-state index >= 15 is 0 Å². The predicted molar refractivity (Wildman–Crippen MR) is 47.5 cm³/mol. The van der Waals surface area contributed by atoms with Gasteiger partial charge in [0.2, 0.25) is 0 Å². The van der Waals surface area contributed by atoms with E-state index in [4.69, 9.17) is 5.73 Å². The van der Waals surface area contributed by atoms with Crippen molar-refractivity contribution in [2.75, 3.05) is 0 Å². The molecular weight excluding hydrogens is 136 g/mol. The molecule has 0 unspecified atom stereocenters. The average molecular weight is 150 g/mol. The quantitative estimate of drug-likeness (QED) is 0.628. The minimum Gasteiger partial charge on any atom is -0.402 e. The summed E-state index contributed by atoms with van der Waals surface area (Å²) in [5.41, 5.74) is 7.80. The Morgan fingerprint density at radius 3 is 2.82 bits per heavy atom. The lowest BCUT2D eigenvalue weighted by molar-refractivity contribution is 0.828. The van der Waals surface area contributed by atoms with Crippen LogP contribution < -0.4 is 11.1 Å². The standard InChI is InChI=1S/C9H14N2/c1-2-7-11-9-5-3-8(10)4-6-9/h2-3,5,7,11H,4,6,10H2,1H3/b7-2-. The van der Waals surface area contributed by atoms with E-state index in [1.807, 2.05) is 31.4 Å². The van der Waals surface area contributed by atoms with E-state index in [1.165, 1.54) is 5.70 Å². The molecule has 0 saturated heterocycles. The molecule has 0 spiro atoms. The van der Waals surface area contributed by atoms with Gasteiger partial charge in [-0.1, -0.05) is 6.08 Å². The highest BCUT2D eigenvalue weighted by atomic mass is 14.8. The van der Waals surface area contributed by atoms with Gasteiger partial charge in [-0.15, -0.1) is 0 Å². The molecule has 0 aromatic rings. The van der Waals surface area contributed by atoms with Crippen molar-refractivity contribution in [2.24, 2.45) is 5.73 Å². The molecule has 0 amide bonds. The highest BCUT2D eigenvalue weighted by molar-refractivity contribution is 5.21. The second kappa shape index (κ2) is 3.86. The summed E-state index contributed by atoms with van der Waals surface area (Å²) in [6.45, 7) is 1.99. The molecule has 0 aliphatic heterocycles. The van der Waals surface area contributed by atoms with Crippen molar-refractivity contribution in [3.63, 3.8) is 0 Å². The van der Waals surface area contributed by atoms with Crippen molar-refractivity contribution in [3.05, 3.63) is 35.8 Å².